The molecule has 1 saturated carbocycles. The van der Waals surface area contributed by atoms with E-state index in [1.54, 1.807) is 6.20 Å². The Morgan fingerprint density at radius 1 is 1.50 bits per heavy atom. The van der Waals surface area contributed by atoms with Crippen LogP contribution in [0.15, 0.2) is 12.3 Å². The second kappa shape index (κ2) is 4.77. The molecule has 2 atom stereocenters. The largest absolute Gasteiger partial charge is 0.369 e. The van der Waals surface area contributed by atoms with Crippen LogP contribution in [0.4, 0.5) is 0 Å². The van der Waals surface area contributed by atoms with Gasteiger partial charge in [-0.25, -0.2) is 4.98 Å². The van der Waals surface area contributed by atoms with E-state index in [-0.39, 0.29) is 17.6 Å². The summed E-state index contributed by atoms with van der Waals surface area (Å²) in [4.78, 5) is 4.75. The predicted molar refractivity (Wildman–Crippen MR) is 81.2 cm³/mol. The second-order valence-electron chi connectivity index (χ2n) is 6.32. The zero-order chi connectivity index (χ0) is 15.3. The normalized spacial score (nSPS) is 26.8. The zero-order valence-electron chi connectivity index (χ0n) is 12.8. The standard InChI is InChI=1S/C16H19N5O/c1-10-15(22-6-5-18-10)12-7-11(16(9-17)3-4-16)14-13(20-12)8-19-21(14)2/h7-8,10,15,18H,3-6H2,1-2H3/t10?,15-/m1/s1. The van der Waals surface area contributed by atoms with Gasteiger partial charge in [0.15, 0.2) is 0 Å². The van der Waals surface area contributed by atoms with Gasteiger partial charge in [0.1, 0.15) is 11.6 Å². The maximum absolute atomic E-state index is 9.61. The highest BCUT2D eigenvalue weighted by Crippen LogP contribution is 2.50. The molecule has 1 aliphatic carbocycles. The quantitative estimate of drug-likeness (QED) is 0.910. The minimum atomic E-state index is -0.366. The van der Waals surface area contributed by atoms with Gasteiger partial charge in [0.05, 0.1) is 35.5 Å². The van der Waals surface area contributed by atoms with Crippen molar-refractivity contribution in [2.75, 3.05) is 13.2 Å². The Morgan fingerprint density at radius 2 is 2.32 bits per heavy atom. The first-order valence-corrected chi connectivity index (χ1v) is 7.74. The molecule has 114 valence electrons. The van der Waals surface area contributed by atoms with Crippen molar-refractivity contribution in [2.45, 2.75) is 37.3 Å². The number of rotatable bonds is 2. The molecule has 0 radical (unpaired) electrons. The summed E-state index contributed by atoms with van der Waals surface area (Å²) in [5.74, 6) is 0. The maximum Gasteiger partial charge on any atom is 0.114 e. The van der Waals surface area contributed by atoms with Gasteiger partial charge in [-0.3, -0.25) is 4.68 Å². The molecular formula is C16H19N5O. The van der Waals surface area contributed by atoms with Crippen molar-refractivity contribution in [3.05, 3.63) is 23.5 Å². The van der Waals surface area contributed by atoms with Gasteiger partial charge in [-0.05, 0) is 25.8 Å². The van der Waals surface area contributed by atoms with E-state index in [9.17, 15) is 5.26 Å². The first-order chi connectivity index (χ1) is 10.6. The number of nitriles is 1. The number of aryl methyl sites for hydroxylation is 1. The number of pyridine rings is 1. The molecule has 3 heterocycles. The fourth-order valence-electron chi connectivity index (χ4n) is 3.35. The zero-order valence-corrected chi connectivity index (χ0v) is 12.8. The Morgan fingerprint density at radius 3 is 3.00 bits per heavy atom. The molecule has 4 rings (SSSR count). The number of aromatic nitrogens is 3. The highest BCUT2D eigenvalue weighted by Gasteiger charge is 2.47. The number of nitrogens with zero attached hydrogens (tertiary/aromatic N) is 4. The molecule has 1 N–H and O–H groups in total. The van der Waals surface area contributed by atoms with E-state index in [2.05, 4.69) is 29.5 Å². The number of hydrogen-bond acceptors (Lipinski definition) is 5. The van der Waals surface area contributed by atoms with Gasteiger partial charge in [0, 0.05) is 25.2 Å². The van der Waals surface area contributed by atoms with Crippen LogP contribution >= 0.6 is 0 Å². The molecule has 0 spiro atoms. The molecule has 2 aromatic rings. The van der Waals surface area contributed by atoms with E-state index in [0.717, 1.165) is 41.7 Å². The molecule has 6 heteroatoms. The summed E-state index contributed by atoms with van der Waals surface area (Å²) in [5.41, 5.74) is 3.40. The Kier molecular flexibility index (Phi) is 2.96. The first-order valence-electron chi connectivity index (χ1n) is 7.74. The van der Waals surface area contributed by atoms with Crippen LogP contribution in [-0.4, -0.2) is 34.0 Å². The smallest absolute Gasteiger partial charge is 0.114 e. The third-order valence-corrected chi connectivity index (χ3v) is 4.81. The van der Waals surface area contributed by atoms with Crippen molar-refractivity contribution in [3.8, 4) is 6.07 Å². The van der Waals surface area contributed by atoms with Crippen molar-refractivity contribution in [3.63, 3.8) is 0 Å². The van der Waals surface area contributed by atoms with Crippen LogP contribution in [0.2, 0.25) is 0 Å². The van der Waals surface area contributed by atoms with Crippen LogP contribution in [0, 0.1) is 11.3 Å². The SMILES string of the molecule is CC1NCCO[C@H]1c1cc(C2(C#N)CC2)c2c(cnn2C)n1. The topological polar surface area (TPSA) is 75.8 Å². The van der Waals surface area contributed by atoms with E-state index in [0.29, 0.717) is 6.61 Å². The van der Waals surface area contributed by atoms with Crippen molar-refractivity contribution in [1.29, 1.82) is 5.26 Å². The van der Waals surface area contributed by atoms with Gasteiger partial charge in [-0.1, -0.05) is 0 Å². The molecule has 0 aromatic carbocycles. The second-order valence-corrected chi connectivity index (χ2v) is 6.32. The van der Waals surface area contributed by atoms with E-state index in [1.807, 2.05) is 11.7 Å². The van der Waals surface area contributed by atoms with Crippen molar-refractivity contribution in [1.82, 2.24) is 20.1 Å². The summed E-state index contributed by atoms with van der Waals surface area (Å²) in [5, 5.41) is 17.4. The Balaban J connectivity index is 1.89. The third kappa shape index (κ3) is 1.93. The van der Waals surface area contributed by atoms with E-state index in [4.69, 9.17) is 9.72 Å². The van der Waals surface area contributed by atoms with Crippen LogP contribution in [-0.2, 0) is 17.2 Å². The molecule has 2 fully saturated rings. The molecule has 6 nitrogen and oxygen atoms in total. The van der Waals surface area contributed by atoms with E-state index >= 15 is 0 Å². The molecule has 22 heavy (non-hydrogen) atoms. The summed E-state index contributed by atoms with van der Waals surface area (Å²) in [7, 11) is 1.90. The highest BCUT2D eigenvalue weighted by molar-refractivity contribution is 5.81. The number of ether oxygens (including phenoxy) is 1. The molecule has 1 aliphatic heterocycles. The van der Waals surface area contributed by atoms with Crippen LogP contribution in [0.3, 0.4) is 0 Å². The monoisotopic (exact) mass is 297 g/mol. The molecule has 1 unspecified atom stereocenters. The van der Waals surface area contributed by atoms with Gasteiger partial charge >= 0.3 is 0 Å². The first kappa shape index (κ1) is 13.7. The molecule has 0 bridgehead atoms. The summed E-state index contributed by atoms with van der Waals surface area (Å²) >= 11 is 0. The summed E-state index contributed by atoms with van der Waals surface area (Å²) in [6, 6.07) is 4.77. The van der Waals surface area contributed by atoms with E-state index in [1.165, 1.54) is 0 Å². The molecule has 0 amide bonds. The van der Waals surface area contributed by atoms with Crippen LogP contribution in [0.25, 0.3) is 11.0 Å². The minimum Gasteiger partial charge on any atom is -0.369 e. The number of nitrogens with one attached hydrogen (secondary N) is 1. The molecule has 2 aliphatic rings. The Bertz CT molecular complexity index is 771. The van der Waals surface area contributed by atoms with Crippen molar-refractivity contribution < 1.29 is 4.74 Å². The van der Waals surface area contributed by atoms with Crippen LogP contribution in [0.1, 0.15) is 37.1 Å². The summed E-state index contributed by atoms with van der Waals surface area (Å²) in [6.07, 6.45) is 3.52. The molecular weight excluding hydrogens is 278 g/mol. The molecule has 1 saturated heterocycles. The fourth-order valence-corrected chi connectivity index (χ4v) is 3.35. The summed E-state index contributed by atoms with van der Waals surface area (Å²) < 4.78 is 7.74. The van der Waals surface area contributed by atoms with Gasteiger partial charge in [0.2, 0.25) is 0 Å². The van der Waals surface area contributed by atoms with Crippen molar-refractivity contribution in [2.24, 2.45) is 7.05 Å². The lowest BCUT2D eigenvalue weighted by molar-refractivity contribution is -0.00267. The number of hydrogen-bond donors (Lipinski definition) is 1. The maximum atomic E-state index is 9.61. The third-order valence-electron chi connectivity index (χ3n) is 4.81. The van der Waals surface area contributed by atoms with Crippen LogP contribution < -0.4 is 5.32 Å². The Labute approximate surface area is 129 Å². The van der Waals surface area contributed by atoms with Gasteiger partial charge < -0.3 is 10.1 Å². The fraction of sp³-hybridized carbons (Fsp3) is 0.562. The number of fused-ring (bicyclic) bond motifs is 1. The minimum absolute atomic E-state index is 0.0772. The van der Waals surface area contributed by atoms with Gasteiger partial charge in [0.25, 0.3) is 0 Å². The van der Waals surface area contributed by atoms with Gasteiger partial charge in [-0.15, -0.1) is 0 Å². The van der Waals surface area contributed by atoms with E-state index < -0.39 is 0 Å². The predicted octanol–water partition coefficient (Wildman–Crippen LogP) is 1.57. The van der Waals surface area contributed by atoms with Crippen LogP contribution in [0.5, 0.6) is 0 Å². The van der Waals surface area contributed by atoms with Crippen molar-refractivity contribution >= 4 is 11.0 Å². The lowest BCUT2D eigenvalue weighted by Gasteiger charge is -2.30. The lowest BCUT2D eigenvalue weighted by Crippen LogP contribution is -2.41. The Hall–Kier alpha value is -1.97. The average Bonchev–Trinajstić information content (AvgIpc) is 3.25. The highest BCUT2D eigenvalue weighted by atomic mass is 16.5. The average molecular weight is 297 g/mol. The summed E-state index contributed by atoms with van der Waals surface area (Å²) in [6.45, 7) is 3.65. The van der Waals surface area contributed by atoms with Gasteiger partial charge in [-0.2, -0.15) is 10.4 Å². The molecule has 2 aromatic heterocycles. The lowest BCUT2D eigenvalue weighted by atomic mass is 9.94. The number of morpholine rings is 1.